The monoisotopic (exact) mass is 406 g/mol. The lowest BCUT2D eigenvalue weighted by molar-refractivity contribution is -0.122. The molecule has 30 heavy (non-hydrogen) atoms. The first kappa shape index (κ1) is 20.0. The molecule has 0 bridgehead atoms. The Hall–Kier alpha value is -3.33. The van der Waals surface area contributed by atoms with E-state index in [1.807, 2.05) is 41.9 Å². The number of hydrogen-bond acceptors (Lipinski definition) is 6. The van der Waals surface area contributed by atoms with Gasteiger partial charge in [0.15, 0.2) is 0 Å². The van der Waals surface area contributed by atoms with Gasteiger partial charge in [-0.15, -0.1) is 11.7 Å². The van der Waals surface area contributed by atoms with Crippen molar-refractivity contribution in [3.05, 3.63) is 60.7 Å². The highest BCUT2D eigenvalue weighted by Crippen LogP contribution is 2.22. The lowest BCUT2D eigenvalue weighted by Crippen LogP contribution is -2.46. The van der Waals surface area contributed by atoms with Gasteiger partial charge in [-0.05, 0) is 61.0 Å². The average Bonchev–Trinajstić information content (AvgIpc) is 3.40. The van der Waals surface area contributed by atoms with Crippen molar-refractivity contribution in [2.24, 2.45) is 0 Å². The van der Waals surface area contributed by atoms with Gasteiger partial charge < -0.3 is 5.32 Å². The number of amides is 1. The van der Waals surface area contributed by atoms with Crippen molar-refractivity contribution in [1.29, 1.82) is 0 Å². The Labute approximate surface area is 175 Å². The molecule has 4 rings (SSSR count). The van der Waals surface area contributed by atoms with Crippen LogP contribution in [-0.4, -0.2) is 53.4 Å². The van der Waals surface area contributed by atoms with Crippen molar-refractivity contribution in [2.75, 3.05) is 11.9 Å². The predicted molar refractivity (Wildman–Crippen MR) is 113 cm³/mol. The molecule has 0 radical (unpaired) electrons. The van der Waals surface area contributed by atoms with E-state index in [9.17, 15) is 4.79 Å². The van der Waals surface area contributed by atoms with Crippen LogP contribution < -0.4 is 5.32 Å². The highest BCUT2D eigenvalue weighted by molar-refractivity contribution is 5.95. The molecule has 9 nitrogen and oxygen atoms in total. The highest BCUT2D eigenvalue weighted by atomic mass is 16.2. The van der Waals surface area contributed by atoms with Gasteiger partial charge in [-0.2, -0.15) is 5.10 Å². The van der Waals surface area contributed by atoms with E-state index < -0.39 is 0 Å². The molecule has 1 aliphatic heterocycles. The predicted octanol–water partition coefficient (Wildman–Crippen LogP) is 2.35. The minimum Gasteiger partial charge on any atom is -0.325 e. The molecule has 1 aromatic carbocycles. The number of allylic oxidation sites excluding steroid dienone is 1. The summed E-state index contributed by atoms with van der Waals surface area (Å²) in [5.41, 5.74) is 3.75. The Kier molecular flexibility index (Phi) is 5.99. The number of anilines is 1. The standard InChI is InChI=1S/C21H26N8O/c1-3-11-28-14-17(16(2)24-28)13-27-12-5-4-6-20(27)21(30)23-18-7-9-19(10-8-18)29-15-22-25-26-29/h3,7-10,14-15,20H,1,4-6,11-13H2,2H3,(H,23,30)/t20-/m0/s1. The molecule has 1 saturated heterocycles. The van der Waals surface area contributed by atoms with E-state index in [0.717, 1.165) is 55.0 Å². The molecular weight excluding hydrogens is 380 g/mol. The van der Waals surface area contributed by atoms with Crippen LogP contribution in [-0.2, 0) is 17.9 Å². The maximum absolute atomic E-state index is 13.0. The first-order valence-corrected chi connectivity index (χ1v) is 10.2. The van der Waals surface area contributed by atoms with Gasteiger partial charge in [0.2, 0.25) is 5.91 Å². The lowest BCUT2D eigenvalue weighted by atomic mass is 10.0. The molecule has 1 amide bonds. The van der Waals surface area contributed by atoms with Crippen molar-refractivity contribution in [2.45, 2.75) is 45.3 Å². The normalized spacial score (nSPS) is 17.0. The summed E-state index contributed by atoms with van der Waals surface area (Å²) in [7, 11) is 0. The van der Waals surface area contributed by atoms with Gasteiger partial charge >= 0.3 is 0 Å². The Morgan fingerprint density at radius 1 is 1.30 bits per heavy atom. The second kappa shape index (κ2) is 9.00. The lowest BCUT2D eigenvalue weighted by Gasteiger charge is -2.34. The van der Waals surface area contributed by atoms with Crippen molar-refractivity contribution < 1.29 is 4.79 Å². The summed E-state index contributed by atoms with van der Waals surface area (Å²) in [6.45, 7) is 8.10. The summed E-state index contributed by atoms with van der Waals surface area (Å²) in [5, 5.41) is 18.7. The second-order valence-electron chi connectivity index (χ2n) is 7.52. The number of benzene rings is 1. The highest BCUT2D eigenvalue weighted by Gasteiger charge is 2.29. The van der Waals surface area contributed by atoms with Gasteiger partial charge in [-0.3, -0.25) is 14.4 Å². The van der Waals surface area contributed by atoms with Crippen molar-refractivity contribution in [3.8, 4) is 5.69 Å². The summed E-state index contributed by atoms with van der Waals surface area (Å²) in [5.74, 6) is 0.0287. The number of aromatic nitrogens is 6. The maximum Gasteiger partial charge on any atom is 0.241 e. The topological polar surface area (TPSA) is 93.8 Å². The number of tetrazole rings is 1. The number of rotatable bonds is 7. The van der Waals surface area contributed by atoms with E-state index in [1.165, 1.54) is 6.33 Å². The molecule has 1 N–H and O–H groups in total. The number of nitrogens with zero attached hydrogens (tertiary/aromatic N) is 7. The number of nitrogens with one attached hydrogen (secondary N) is 1. The molecule has 1 fully saturated rings. The van der Waals surface area contributed by atoms with E-state index in [-0.39, 0.29) is 11.9 Å². The Morgan fingerprint density at radius 3 is 2.87 bits per heavy atom. The summed E-state index contributed by atoms with van der Waals surface area (Å²) in [6.07, 6.45) is 8.43. The molecule has 3 heterocycles. The fraction of sp³-hybridized carbons (Fsp3) is 0.381. The number of likely N-dealkylation sites (tertiary alicyclic amines) is 1. The minimum absolute atomic E-state index is 0.0287. The molecule has 0 aliphatic carbocycles. The Balaban J connectivity index is 1.43. The zero-order chi connectivity index (χ0) is 20.9. The number of carbonyl (C=O) groups is 1. The third-order valence-corrected chi connectivity index (χ3v) is 5.40. The quantitative estimate of drug-likeness (QED) is 0.606. The summed E-state index contributed by atoms with van der Waals surface area (Å²) < 4.78 is 3.46. The van der Waals surface area contributed by atoms with Crippen LogP contribution in [0.3, 0.4) is 0 Å². The van der Waals surface area contributed by atoms with E-state index in [1.54, 1.807) is 4.68 Å². The van der Waals surface area contributed by atoms with Crippen molar-refractivity contribution in [1.82, 2.24) is 34.9 Å². The van der Waals surface area contributed by atoms with Crippen molar-refractivity contribution >= 4 is 11.6 Å². The minimum atomic E-state index is -0.153. The molecule has 156 valence electrons. The molecular formula is C21H26N8O. The van der Waals surface area contributed by atoms with E-state index >= 15 is 0 Å². The third-order valence-electron chi connectivity index (χ3n) is 5.40. The summed E-state index contributed by atoms with van der Waals surface area (Å²) >= 11 is 0. The largest absolute Gasteiger partial charge is 0.325 e. The Morgan fingerprint density at radius 2 is 2.13 bits per heavy atom. The van der Waals surface area contributed by atoms with Crippen LogP contribution in [0.15, 0.2) is 49.4 Å². The molecule has 0 unspecified atom stereocenters. The van der Waals surface area contributed by atoms with Crippen LogP contribution in [0.5, 0.6) is 0 Å². The van der Waals surface area contributed by atoms with Gasteiger partial charge in [0, 0.05) is 24.0 Å². The maximum atomic E-state index is 13.0. The molecule has 0 spiro atoms. The van der Waals surface area contributed by atoms with Crippen LogP contribution in [0.2, 0.25) is 0 Å². The second-order valence-corrected chi connectivity index (χ2v) is 7.52. The fourth-order valence-corrected chi connectivity index (χ4v) is 3.84. The molecule has 3 aromatic rings. The van der Waals surface area contributed by atoms with E-state index in [4.69, 9.17) is 0 Å². The van der Waals surface area contributed by atoms with Gasteiger partial charge in [0.1, 0.15) is 6.33 Å². The van der Waals surface area contributed by atoms with E-state index in [2.05, 4.69) is 43.6 Å². The molecule has 2 aromatic heterocycles. The SMILES string of the molecule is C=CCn1cc(CN2CCCC[C@H]2C(=O)Nc2ccc(-n3cnnn3)cc2)c(C)n1. The van der Waals surface area contributed by atoms with Gasteiger partial charge in [-0.1, -0.05) is 12.5 Å². The fourth-order valence-electron chi connectivity index (χ4n) is 3.84. The summed E-state index contributed by atoms with van der Waals surface area (Å²) in [6, 6.07) is 7.33. The van der Waals surface area contributed by atoms with E-state index in [0.29, 0.717) is 6.54 Å². The zero-order valence-corrected chi connectivity index (χ0v) is 17.1. The van der Waals surface area contributed by atoms with Gasteiger partial charge in [-0.25, -0.2) is 4.68 Å². The third kappa shape index (κ3) is 4.46. The first-order chi connectivity index (χ1) is 14.6. The van der Waals surface area contributed by atoms with Crippen LogP contribution in [0.25, 0.3) is 5.69 Å². The smallest absolute Gasteiger partial charge is 0.241 e. The van der Waals surface area contributed by atoms with Crippen LogP contribution >= 0.6 is 0 Å². The van der Waals surface area contributed by atoms with Crippen molar-refractivity contribution in [3.63, 3.8) is 0 Å². The Bertz CT molecular complexity index is 993. The molecule has 1 aliphatic rings. The first-order valence-electron chi connectivity index (χ1n) is 10.2. The number of carbonyl (C=O) groups excluding carboxylic acids is 1. The zero-order valence-electron chi connectivity index (χ0n) is 17.1. The number of piperidine rings is 1. The molecule has 0 saturated carbocycles. The van der Waals surface area contributed by atoms with Crippen LogP contribution in [0, 0.1) is 6.92 Å². The number of hydrogen-bond donors (Lipinski definition) is 1. The molecule has 9 heteroatoms. The number of aryl methyl sites for hydroxylation is 1. The molecule has 1 atom stereocenters. The van der Waals surface area contributed by atoms with Crippen LogP contribution in [0.4, 0.5) is 5.69 Å². The van der Waals surface area contributed by atoms with Crippen LogP contribution in [0.1, 0.15) is 30.5 Å². The van der Waals surface area contributed by atoms with Gasteiger partial charge in [0.05, 0.1) is 24.0 Å². The summed E-state index contributed by atoms with van der Waals surface area (Å²) in [4.78, 5) is 15.3. The van der Waals surface area contributed by atoms with Gasteiger partial charge in [0.25, 0.3) is 0 Å². The average molecular weight is 406 g/mol.